The first kappa shape index (κ1) is 13.4. The molecule has 2 aliphatic rings. The van der Waals surface area contributed by atoms with Crippen molar-refractivity contribution in [2.24, 2.45) is 0 Å². The first-order valence-electron chi connectivity index (χ1n) is 7.46. The molecule has 0 aliphatic carbocycles. The van der Waals surface area contributed by atoms with Gasteiger partial charge in [-0.1, -0.05) is 23.5 Å². The number of hydrogen-bond acceptors (Lipinski definition) is 4. The second-order valence-corrected chi connectivity index (χ2v) is 7.00. The van der Waals surface area contributed by atoms with Gasteiger partial charge in [0.05, 0.1) is 16.9 Å². The van der Waals surface area contributed by atoms with Crippen molar-refractivity contribution in [2.45, 2.75) is 12.8 Å². The van der Waals surface area contributed by atoms with Gasteiger partial charge in [0.25, 0.3) is 0 Å². The number of rotatable bonds is 3. The van der Waals surface area contributed by atoms with Crippen LogP contribution in [0.1, 0.15) is 12.8 Å². The Bertz CT molecular complexity index is 629. The zero-order valence-corrected chi connectivity index (χ0v) is 13.5. The fourth-order valence-corrected chi connectivity index (χ4v) is 4.41. The van der Waals surface area contributed by atoms with E-state index in [0.29, 0.717) is 0 Å². The number of anilines is 1. The first-order valence-corrected chi connectivity index (χ1v) is 8.68. The Hall–Kier alpha value is -1.24. The molecule has 0 unspecified atom stereocenters. The molecular weight excluding hydrogens is 300 g/mol. The van der Waals surface area contributed by atoms with Gasteiger partial charge in [0, 0.05) is 13.1 Å². The summed E-state index contributed by atoms with van der Waals surface area (Å²) in [6.45, 7) is 5.35. The van der Waals surface area contributed by atoms with Crippen LogP contribution in [-0.2, 0) is 0 Å². The Morgan fingerprint density at radius 2 is 1.90 bits per heavy atom. The SMILES string of the molecule is S=C1N(CN2CCCC2)CCN1c1nc2ccccc2s1. The van der Waals surface area contributed by atoms with Crippen LogP contribution in [0.5, 0.6) is 0 Å². The summed E-state index contributed by atoms with van der Waals surface area (Å²) in [6.07, 6.45) is 2.64. The monoisotopic (exact) mass is 318 g/mol. The van der Waals surface area contributed by atoms with Gasteiger partial charge in [-0.3, -0.25) is 9.80 Å². The maximum atomic E-state index is 5.67. The summed E-state index contributed by atoms with van der Waals surface area (Å²) in [5.74, 6) is 0. The molecular formula is C15H18N4S2. The van der Waals surface area contributed by atoms with Crippen molar-refractivity contribution in [2.75, 3.05) is 37.7 Å². The van der Waals surface area contributed by atoms with Crippen LogP contribution in [0.15, 0.2) is 24.3 Å². The minimum atomic E-state index is 0.931. The fraction of sp³-hybridized carbons (Fsp3) is 0.467. The summed E-state index contributed by atoms with van der Waals surface area (Å²) < 4.78 is 1.23. The Morgan fingerprint density at radius 1 is 1.10 bits per heavy atom. The molecule has 110 valence electrons. The number of nitrogens with zero attached hydrogens (tertiary/aromatic N) is 4. The highest BCUT2D eigenvalue weighted by Crippen LogP contribution is 2.30. The topological polar surface area (TPSA) is 22.6 Å². The van der Waals surface area contributed by atoms with E-state index in [1.807, 2.05) is 6.07 Å². The zero-order valence-electron chi connectivity index (χ0n) is 11.9. The smallest absolute Gasteiger partial charge is 0.192 e. The highest BCUT2D eigenvalue weighted by molar-refractivity contribution is 7.80. The molecule has 0 N–H and O–H groups in total. The van der Waals surface area contributed by atoms with E-state index in [9.17, 15) is 0 Å². The number of thiazole rings is 1. The number of para-hydroxylation sites is 1. The number of likely N-dealkylation sites (tertiary alicyclic amines) is 1. The van der Waals surface area contributed by atoms with Gasteiger partial charge in [0.15, 0.2) is 10.2 Å². The van der Waals surface area contributed by atoms with Gasteiger partial charge in [-0.05, 0) is 50.3 Å². The molecule has 2 aromatic rings. The Kier molecular flexibility index (Phi) is 3.52. The fourth-order valence-electron chi connectivity index (χ4n) is 3.03. The molecule has 1 aromatic heterocycles. The number of aromatic nitrogens is 1. The summed E-state index contributed by atoms with van der Waals surface area (Å²) in [5.41, 5.74) is 1.07. The zero-order chi connectivity index (χ0) is 14.2. The summed E-state index contributed by atoms with van der Waals surface area (Å²) in [5, 5.41) is 1.96. The Labute approximate surface area is 134 Å². The van der Waals surface area contributed by atoms with E-state index in [-0.39, 0.29) is 0 Å². The highest BCUT2D eigenvalue weighted by atomic mass is 32.1. The number of benzene rings is 1. The third-order valence-electron chi connectivity index (χ3n) is 4.18. The molecule has 0 spiro atoms. The molecule has 4 rings (SSSR count). The largest absolute Gasteiger partial charge is 0.334 e. The Morgan fingerprint density at radius 3 is 2.71 bits per heavy atom. The second-order valence-electron chi connectivity index (χ2n) is 5.63. The molecule has 0 bridgehead atoms. The molecule has 3 heterocycles. The van der Waals surface area contributed by atoms with Crippen molar-refractivity contribution in [3.05, 3.63) is 24.3 Å². The lowest BCUT2D eigenvalue weighted by molar-refractivity contribution is 0.236. The van der Waals surface area contributed by atoms with Crippen molar-refractivity contribution in [3.8, 4) is 0 Å². The standard InChI is InChI=1S/C15H18N4S2/c20-15-18(11-17-7-3-4-8-17)9-10-19(15)14-16-12-5-1-2-6-13(12)21-14/h1-2,5-6H,3-4,7-11H2. The average Bonchev–Trinajstić information content (AvgIpc) is 3.20. The maximum Gasteiger partial charge on any atom is 0.192 e. The number of thiocarbonyl (C=S) groups is 1. The van der Waals surface area contributed by atoms with Crippen LogP contribution >= 0.6 is 23.6 Å². The second kappa shape index (κ2) is 5.51. The van der Waals surface area contributed by atoms with Gasteiger partial charge in [-0.15, -0.1) is 0 Å². The number of fused-ring (bicyclic) bond motifs is 1. The molecule has 2 aliphatic heterocycles. The van der Waals surface area contributed by atoms with Gasteiger partial charge in [0.1, 0.15) is 0 Å². The third kappa shape index (κ3) is 2.52. The lowest BCUT2D eigenvalue weighted by Crippen LogP contribution is -2.39. The predicted octanol–water partition coefficient (Wildman–Crippen LogP) is 2.76. The van der Waals surface area contributed by atoms with E-state index in [1.54, 1.807) is 11.3 Å². The molecule has 0 saturated carbocycles. The van der Waals surface area contributed by atoms with Gasteiger partial charge in [0.2, 0.25) is 0 Å². The maximum absolute atomic E-state index is 5.67. The molecule has 0 amide bonds. The molecule has 1 aromatic carbocycles. The van der Waals surface area contributed by atoms with Crippen LogP contribution in [-0.4, -0.2) is 52.7 Å². The lowest BCUT2D eigenvalue weighted by Gasteiger charge is -2.25. The van der Waals surface area contributed by atoms with E-state index in [0.717, 1.165) is 35.5 Å². The summed E-state index contributed by atoms with van der Waals surface area (Å²) in [4.78, 5) is 11.7. The van der Waals surface area contributed by atoms with Gasteiger partial charge in [-0.2, -0.15) is 0 Å². The van der Waals surface area contributed by atoms with Crippen molar-refractivity contribution >= 4 is 44.0 Å². The average molecular weight is 318 g/mol. The van der Waals surface area contributed by atoms with Crippen LogP contribution in [0.2, 0.25) is 0 Å². The predicted molar refractivity (Wildman–Crippen MR) is 91.9 cm³/mol. The van der Waals surface area contributed by atoms with Gasteiger partial charge >= 0.3 is 0 Å². The third-order valence-corrected chi connectivity index (χ3v) is 5.72. The minimum Gasteiger partial charge on any atom is -0.334 e. The van der Waals surface area contributed by atoms with Crippen LogP contribution in [0, 0.1) is 0 Å². The molecule has 4 nitrogen and oxygen atoms in total. The van der Waals surface area contributed by atoms with E-state index >= 15 is 0 Å². The van der Waals surface area contributed by atoms with Crippen LogP contribution in [0.4, 0.5) is 5.13 Å². The van der Waals surface area contributed by atoms with Crippen molar-refractivity contribution in [3.63, 3.8) is 0 Å². The van der Waals surface area contributed by atoms with E-state index in [4.69, 9.17) is 17.2 Å². The van der Waals surface area contributed by atoms with Crippen molar-refractivity contribution in [1.29, 1.82) is 0 Å². The molecule has 0 radical (unpaired) electrons. The molecule has 2 saturated heterocycles. The van der Waals surface area contributed by atoms with Gasteiger partial charge < -0.3 is 4.90 Å². The van der Waals surface area contributed by atoms with Crippen LogP contribution in [0.25, 0.3) is 10.2 Å². The lowest BCUT2D eigenvalue weighted by atomic mass is 10.3. The summed E-state index contributed by atoms with van der Waals surface area (Å²) >= 11 is 7.41. The molecule has 2 fully saturated rings. The normalized spacial score (nSPS) is 20.1. The highest BCUT2D eigenvalue weighted by Gasteiger charge is 2.29. The molecule has 21 heavy (non-hydrogen) atoms. The molecule has 0 atom stereocenters. The van der Waals surface area contributed by atoms with Crippen LogP contribution < -0.4 is 4.90 Å². The van der Waals surface area contributed by atoms with Crippen molar-refractivity contribution < 1.29 is 0 Å². The minimum absolute atomic E-state index is 0.931. The summed E-state index contributed by atoms with van der Waals surface area (Å²) in [7, 11) is 0. The summed E-state index contributed by atoms with van der Waals surface area (Å²) in [6, 6.07) is 8.29. The van der Waals surface area contributed by atoms with Crippen LogP contribution in [0.3, 0.4) is 0 Å². The molecule has 6 heteroatoms. The van der Waals surface area contributed by atoms with Crippen molar-refractivity contribution in [1.82, 2.24) is 14.8 Å². The van der Waals surface area contributed by atoms with E-state index in [2.05, 4.69) is 32.9 Å². The quantitative estimate of drug-likeness (QED) is 0.810. The number of hydrogen-bond donors (Lipinski definition) is 0. The first-order chi connectivity index (χ1) is 10.3. The Balaban J connectivity index is 1.52. The van der Waals surface area contributed by atoms with Gasteiger partial charge in [-0.25, -0.2) is 4.98 Å². The van der Waals surface area contributed by atoms with E-state index < -0.39 is 0 Å². The van der Waals surface area contributed by atoms with E-state index in [1.165, 1.54) is 30.6 Å².